The molecule has 0 aliphatic rings. The highest BCUT2D eigenvalue weighted by Gasteiger charge is 2.38. The van der Waals surface area contributed by atoms with Gasteiger partial charge in [-0.15, -0.1) is 5.10 Å². The molecule has 4 aromatic rings. The number of nitrogens with one attached hydrogen (secondary N) is 2. The van der Waals surface area contributed by atoms with Gasteiger partial charge >= 0.3 is 12.1 Å². The molecule has 0 aliphatic heterocycles. The highest BCUT2D eigenvalue weighted by atomic mass is 79.9. The first-order chi connectivity index (χ1) is 16.0. The van der Waals surface area contributed by atoms with Gasteiger partial charge in [0.15, 0.2) is 5.65 Å². The molecule has 0 fully saturated rings. The average Bonchev–Trinajstić information content (AvgIpc) is 3.33. The van der Waals surface area contributed by atoms with Crippen molar-refractivity contribution in [3.63, 3.8) is 0 Å². The summed E-state index contributed by atoms with van der Waals surface area (Å²) in [4.78, 5) is 25.7. The van der Waals surface area contributed by atoms with Gasteiger partial charge in [0.05, 0.1) is 34.9 Å². The molecule has 182 valence electrons. The number of carboxylic acids is 1. The van der Waals surface area contributed by atoms with Gasteiger partial charge in [0, 0.05) is 5.69 Å². The predicted octanol–water partition coefficient (Wildman–Crippen LogP) is 4.39. The van der Waals surface area contributed by atoms with Crippen LogP contribution in [-0.4, -0.2) is 59.3 Å². The number of methoxy groups -OCH3 is 1. The summed E-state index contributed by atoms with van der Waals surface area (Å²) in [5.41, 5.74) is 3.92. The third-order valence-corrected chi connectivity index (χ3v) is 5.35. The Labute approximate surface area is 198 Å². The van der Waals surface area contributed by atoms with Crippen LogP contribution in [0, 0.1) is 0 Å². The van der Waals surface area contributed by atoms with Crippen LogP contribution in [0.1, 0.15) is 32.5 Å². The smallest absolute Gasteiger partial charge is 0.480 e. The van der Waals surface area contributed by atoms with Crippen molar-refractivity contribution in [3.8, 4) is 5.88 Å². The number of pyridine rings is 1. The molecule has 0 saturated carbocycles. The Kier molecular flexibility index (Phi) is 7.24. The summed E-state index contributed by atoms with van der Waals surface area (Å²) in [7, 11) is 1.59. The number of fused-ring (bicyclic) bond motifs is 2. The topological polar surface area (TPSA) is 144 Å². The second-order valence-corrected chi connectivity index (χ2v) is 7.97. The summed E-state index contributed by atoms with van der Waals surface area (Å²) in [5.74, 6) is -1.86. The molecular formula is C19H20BrF3N8O3. The van der Waals surface area contributed by atoms with E-state index in [0.717, 1.165) is 33.3 Å². The van der Waals surface area contributed by atoms with Crippen LogP contribution in [0.5, 0.6) is 5.88 Å². The van der Waals surface area contributed by atoms with Gasteiger partial charge in [0.2, 0.25) is 11.8 Å². The van der Waals surface area contributed by atoms with E-state index in [1.54, 1.807) is 18.0 Å². The van der Waals surface area contributed by atoms with Crippen LogP contribution in [0.4, 0.5) is 24.8 Å². The molecule has 0 spiro atoms. The maximum atomic E-state index is 10.6. The van der Waals surface area contributed by atoms with E-state index in [2.05, 4.69) is 58.4 Å². The van der Waals surface area contributed by atoms with Gasteiger partial charge in [-0.1, -0.05) is 12.1 Å². The summed E-state index contributed by atoms with van der Waals surface area (Å²) in [5, 5.41) is 19.5. The van der Waals surface area contributed by atoms with Gasteiger partial charge in [-0.3, -0.25) is 0 Å². The number of aryl methyl sites for hydroxylation is 1. The number of aromatic nitrogens is 7. The van der Waals surface area contributed by atoms with Crippen molar-refractivity contribution in [2.45, 2.75) is 39.4 Å². The number of alkyl halides is 3. The van der Waals surface area contributed by atoms with Crippen LogP contribution in [-0.2, 0) is 11.2 Å². The van der Waals surface area contributed by atoms with E-state index >= 15 is 0 Å². The highest BCUT2D eigenvalue weighted by molar-refractivity contribution is 9.10. The fourth-order valence-corrected chi connectivity index (χ4v) is 3.64. The number of halogens is 4. The molecule has 4 aromatic heterocycles. The van der Waals surface area contributed by atoms with Crippen molar-refractivity contribution in [1.29, 1.82) is 0 Å². The quantitative estimate of drug-likeness (QED) is 0.333. The normalized spacial score (nSPS) is 11.6. The third kappa shape index (κ3) is 5.18. The monoisotopic (exact) mass is 544 g/mol. The molecule has 0 amide bonds. The maximum absolute atomic E-state index is 10.6. The summed E-state index contributed by atoms with van der Waals surface area (Å²) in [6.45, 7) is 6.15. The summed E-state index contributed by atoms with van der Waals surface area (Å²) in [6.07, 6.45) is -2.53. The van der Waals surface area contributed by atoms with Gasteiger partial charge in [0.25, 0.3) is 0 Å². The first kappa shape index (κ1) is 25.1. The molecule has 0 aromatic carbocycles. The molecule has 4 rings (SSSR count). The van der Waals surface area contributed by atoms with Crippen LogP contribution >= 0.6 is 15.9 Å². The van der Waals surface area contributed by atoms with Crippen molar-refractivity contribution in [1.82, 2.24) is 34.9 Å². The molecule has 0 unspecified atom stereocenters. The Morgan fingerprint density at radius 2 is 2.03 bits per heavy atom. The van der Waals surface area contributed by atoms with Gasteiger partial charge in [-0.05, 0) is 42.3 Å². The van der Waals surface area contributed by atoms with Crippen LogP contribution in [0.2, 0.25) is 0 Å². The molecule has 3 N–H and O–H groups in total. The van der Waals surface area contributed by atoms with Crippen LogP contribution in [0.15, 0.2) is 16.7 Å². The zero-order chi connectivity index (χ0) is 25.2. The van der Waals surface area contributed by atoms with E-state index in [1.165, 1.54) is 0 Å². The van der Waals surface area contributed by atoms with Crippen LogP contribution < -0.4 is 10.1 Å². The average molecular weight is 545 g/mol. The van der Waals surface area contributed by atoms with Crippen LogP contribution in [0.25, 0.3) is 22.2 Å². The lowest BCUT2D eigenvalue weighted by Crippen LogP contribution is -2.21. The highest BCUT2D eigenvalue weighted by Crippen LogP contribution is 2.34. The largest absolute Gasteiger partial charge is 0.490 e. The molecule has 4 heterocycles. The van der Waals surface area contributed by atoms with E-state index < -0.39 is 12.1 Å². The molecule has 0 radical (unpaired) electrons. The Balaban J connectivity index is 0.000000406. The Morgan fingerprint density at radius 1 is 1.35 bits per heavy atom. The fourth-order valence-electron chi connectivity index (χ4n) is 2.90. The SMILES string of the molecule is CCc1[nH]c2nc(Nc3cnc4c(c3)nnn4C(C)C)nc(OC)c2c1Br.O=C(O)C(F)(F)F. The second kappa shape index (κ2) is 9.79. The Bertz CT molecular complexity index is 1340. The lowest BCUT2D eigenvalue weighted by molar-refractivity contribution is -0.192. The fraction of sp³-hybridized carbons (Fsp3) is 0.368. The number of ether oxygens (including phenoxy) is 1. The van der Waals surface area contributed by atoms with Gasteiger partial charge < -0.3 is 20.1 Å². The van der Waals surface area contributed by atoms with Crippen molar-refractivity contribution in [2.75, 3.05) is 12.4 Å². The van der Waals surface area contributed by atoms with E-state index in [-0.39, 0.29) is 6.04 Å². The van der Waals surface area contributed by atoms with Gasteiger partial charge in [-0.25, -0.2) is 14.5 Å². The number of carboxylic acid groups (broad SMARTS) is 1. The first-order valence-corrected chi connectivity index (χ1v) is 10.7. The summed E-state index contributed by atoms with van der Waals surface area (Å²) < 4.78 is 39.9. The summed E-state index contributed by atoms with van der Waals surface area (Å²) in [6, 6.07) is 2.06. The minimum Gasteiger partial charge on any atom is -0.480 e. The minimum absolute atomic E-state index is 0.190. The molecule has 34 heavy (non-hydrogen) atoms. The van der Waals surface area contributed by atoms with Crippen molar-refractivity contribution >= 4 is 55.7 Å². The maximum Gasteiger partial charge on any atom is 0.490 e. The number of aliphatic carboxylic acids is 1. The molecule has 11 nitrogen and oxygen atoms in total. The number of carbonyl (C=O) groups is 1. The molecular weight excluding hydrogens is 525 g/mol. The Morgan fingerprint density at radius 3 is 2.59 bits per heavy atom. The van der Waals surface area contributed by atoms with Crippen LogP contribution in [0.3, 0.4) is 0 Å². The lowest BCUT2D eigenvalue weighted by atomic mass is 10.3. The molecule has 0 saturated heterocycles. The van der Waals surface area contributed by atoms with E-state index in [1.807, 2.05) is 19.9 Å². The number of hydrogen-bond donors (Lipinski definition) is 3. The van der Waals surface area contributed by atoms with E-state index in [4.69, 9.17) is 14.6 Å². The van der Waals surface area contributed by atoms with Crippen molar-refractivity contribution in [3.05, 3.63) is 22.4 Å². The molecule has 0 bridgehead atoms. The number of anilines is 2. The minimum atomic E-state index is -5.08. The van der Waals surface area contributed by atoms with Crippen molar-refractivity contribution < 1.29 is 27.8 Å². The molecule has 0 atom stereocenters. The van der Waals surface area contributed by atoms with E-state index in [0.29, 0.717) is 23.0 Å². The number of nitrogens with zero attached hydrogens (tertiary/aromatic N) is 6. The molecule has 15 heteroatoms. The standard InChI is InChI=1S/C17H19BrN8O.C2HF3O2/c1-5-10-13(18)12-14(21-10)22-17(23-16(12)27-4)20-9-6-11-15(19-7-9)26(8(2)3)25-24-11;3-2(4,5)1(6)7/h6-8H,5H2,1-4H3,(H2,20,21,22,23);(H,6,7). The lowest BCUT2D eigenvalue weighted by Gasteiger charge is -2.08. The predicted molar refractivity (Wildman–Crippen MR) is 120 cm³/mol. The number of hydrogen-bond acceptors (Lipinski definition) is 8. The van der Waals surface area contributed by atoms with Gasteiger partial charge in [-0.2, -0.15) is 23.1 Å². The molecule has 0 aliphatic carbocycles. The first-order valence-electron chi connectivity index (χ1n) is 9.86. The summed E-state index contributed by atoms with van der Waals surface area (Å²) >= 11 is 3.60. The zero-order valence-corrected chi connectivity index (χ0v) is 20.0. The second-order valence-electron chi connectivity index (χ2n) is 7.17. The number of H-pyrrole nitrogens is 1. The van der Waals surface area contributed by atoms with Crippen molar-refractivity contribution in [2.24, 2.45) is 0 Å². The third-order valence-electron chi connectivity index (χ3n) is 4.48. The number of aromatic amines is 1. The number of rotatable bonds is 5. The van der Waals surface area contributed by atoms with Gasteiger partial charge in [0.1, 0.15) is 11.2 Å². The Hall–Kier alpha value is -3.49. The van der Waals surface area contributed by atoms with E-state index in [9.17, 15) is 13.2 Å². The zero-order valence-electron chi connectivity index (χ0n) is 18.4.